The number of nitrogens with zero attached hydrogens (tertiary/aromatic N) is 2. The van der Waals surface area contributed by atoms with Gasteiger partial charge >= 0.3 is 6.18 Å². The summed E-state index contributed by atoms with van der Waals surface area (Å²) in [5.74, 6) is -7.56. The molecule has 0 aliphatic heterocycles. The van der Waals surface area contributed by atoms with Crippen LogP contribution in [0.1, 0.15) is 5.56 Å². The SMILES string of the molecule is NC(N)=NC(N)=Nc1cccc(F)c1Oc1c(F)cc(C(F)(F)F)cc1F. The van der Waals surface area contributed by atoms with E-state index in [1.807, 2.05) is 0 Å². The van der Waals surface area contributed by atoms with Crippen molar-refractivity contribution >= 4 is 17.6 Å². The molecule has 0 radical (unpaired) electrons. The highest BCUT2D eigenvalue weighted by atomic mass is 19.4. The van der Waals surface area contributed by atoms with Crippen LogP contribution in [0.5, 0.6) is 11.5 Å². The highest BCUT2D eigenvalue weighted by Crippen LogP contribution is 2.39. The molecule has 27 heavy (non-hydrogen) atoms. The number of para-hydroxylation sites is 1. The predicted octanol–water partition coefficient (Wildman–Crippen LogP) is 3.13. The van der Waals surface area contributed by atoms with Crippen molar-refractivity contribution in [1.82, 2.24) is 0 Å². The van der Waals surface area contributed by atoms with Crippen LogP contribution < -0.4 is 21.9 Å². The Balaban J connectivity index is 2.51. The van der Waals surface area contributed by atoms with Gasteiger partial charge in [0.15, 0.2) is 34.9 Å². The fourth-order valence-electron chi connectivity index (χ4n) is 1.89. The van der Waals surface area contributed by atoms with Crippen LogP contribution in [-0.4, -0.2) is 11.9 Å². The summed E-state index contributed by atoms with van der Waals surface area (Å²) in [6.45, 7) is 0. The van der Waals surface area contributed by atoms with Crippen LogP contribution in [0.25, 0.3) is 0 Å². The third-order valence-corrected chi connectivity index (χ3v) is 2.95. The number of guanidine groups is 2. The van der Waals surface area contributed by atoms with Crippen LogP contribution in [-0.2, 0) is 6.18 Å². The van der Waals surface area contributed by atoms with Crippen molar-refractivity contribution in [2.24, 2.45) is 27.2 Å². The Labute approximate surface area is 148 Å². The Morgan fingerprint density at radius 3 is 2.00 bits per heavy atom. The molecule has 0 aliphatic rings. The van der Waals surface area contributed by atoms with Gasteiger partial charge in [0.05, 0.1) is 5.56 Å². The van der Waals surface area contributed by atoms with E-state index in [1.54, 1.807) is 0 Å². The van der Waals surface area contributed by atoms with Gasteiger partial charge in [-0.2, -0.15) is 18.2 Å². The summed E-state index contributed by atoms with van der Waals surface area (Å²) in [5, 5.41) is 0. The topological polar surface area (TPSA) is 112 Å². The van der Waals surface area contributed by atoms with Gasteiger partial charge in [0.1, 0.15) is 5.69 Å². The van der Waals surface area contributed by atoms with E-state index in [2.05, 4.69) is 9.98 Å². The zero-order valence-electron chi connectivity index (χ0n) is 13.2. The zero-order chi connectivity index (χ0) is 20.4. The monoisotopic (exact) mass is 391 g/mol. The quantitative estimate of drug-likeness (QED) is 0.424. The Hall–Kier alpha value is -3.44. The summed E-state index contributed by atoms with van der Waals surface area (Å²) in [6, 6.07) is 3.20. The van der Waals surface area contributed by atoms with E-state index in [9.17, 15) is 26.3 Å². The van der Waals surface area contributed by atoms with E-state index in [0.717, 1.165) is 12.1 Å². The number of hydrogen-bond donors (Lipinski definition) is 3. The maximum Gasteiger partial charge on any atom is 0.416 e. The van der Waals surface area contributed by atoms with Gasteiger partial charge in [-0.3, -0.25) is 0 Å². The Bertz CT molecular complexity index is 898. The number of aliphatic imine (C=N–C) groups is 2. The first kappa shape index (κ1) is 19.9. The molecule has 0 amide bonds. The molecule has 0 aromatic heterocycles. The second kappa shape index (κ2) is 7.43. The lowest BCUT2D eigenvalue weighted by Gasteiger charge is -2.13. The second-order valence-electron chi connectivity index (χ2n) is 4.96. The number of halogens is 6. The lowest BCUT2D eigenvalue weighted by Crippen LogP contribution is -2.26. The molecule has 0 aliphatic carbocycles. The molecule has 12 heteroatoms. The van der Waals surface area contributed by atoms with E-state index >= 15 is 0 Å². The molecule has 6 nitrogen and oxygen atoms in total. The standard InChI is InChI=1S/C15H11F6N5O/c16-7-2-1-3-10(25-14(24)26-13(22)23)12(7)27-11-8(17)4-6(5-9(11)18)15(19,20)21/h1-5H,(H6,22,23,24,25,26). The molecule has 0 saturated carbocycles. The Morgan fingerprint density at radius 1 is 0.889 bits per heavy atom. The number of alkyl halides is 3. The summed E-state index contributed by atoms with van der Waals surface area (Å²) in [6.07, 6.45) is -4.98. The van der Waals surface area contributed by atoms with Crippen molar-refractivity contribution in [2.75, 3.05) is 0 Å². The Morgan fingerprint density at radius 2 is 1.48 bits per heavy atom. The zero-order valence-corrected chi connectivity index (χ0v) is 13.2. The normalized spacial score (nSPS) is 12.0. The molecule has 2 rings (SSSR count). The van der Waals surface area contributed by atoms with Crippen LogP contribution in [0.4, 0.5) is 32.0 Å². The first-order valence-corrected chi connectivity index (χ1v) is 6.95. The van der Waals surface area contributed by atoms with Gasteiger partial charge in [-0.1, -0.05) is 6.07 Å². The molecule has 6 N–H and O–H groups in total. The largest absolute Gasteiger partial charge is 0.446 e. The van der Waals surface area contributed by atoms with E-state index in [4.69, 9.17) is 21.9 Å². The van der Waals surface area contributed by atoms with Gasteiger partial charge in [0, 0.05) is 0 Å². The Kier molecular flexibility index (Phi) is 5.47. The highest BCUT2D eigenvalue weighted by molar-refractivity contribution is 5.93. The highest BCUT2D eigenvalue weighted by Gasteiger charge is 2.33. The molecular formula is C15H11F6N5O. The summed E-state index contributed by atoms with van der Waals surface area (Å²) >= 11 is 0. The minimum absolute atomic E-state index is 0.00990. The van der Waals surface area contributed by atoms with Crippen LogP contribution in [0, 0.1) is 17.5 Å². The fraction of sp³-hybridized carbons (Fsp3) is 0.0667. The van der Waals surface area contributed by atoms with Crippen LogP contribution in [0.2, 0.25) is 0 Å². The average molecular weight is 391 g/mol. The first-order chi connectivity index (χ1) is 12.5. The molecule has 0 fully saturated rings. The van der Waals surface area contributed by atoms with Crippen LogP contribution >= 0.6 is 0 Å². The lowest BCUT2D eigenvalue weighted by molar-refractivity contribution is -0.138. The summed E-state index contributed by atoms with van der Waals surface area (Å²) in [5.41, 5.74) is 13.7. The average Bonchev–Trinajstić information content (AvgIpc) is 2.51. The van der Waals surface area contributed by atoms with Crippen molar-refractivity contribution in [3.63, 3.8) is 0 Å². The molecule has 0 atom stereocenters. The maximum atomic E-state index is 14.0. The molecule has 2 aromatic carbocycles. The molecule has 144 valence electrons. The van der Waals surface area contributed by atoms with Gasteiger partial charge in [-0.05, 0) is 24.3 Å². The predicted molar refractivity (Wildman–Crippen MR) is 84.9 cm³/mol. The number of benzene rings is 2. The van der Waals surface area contributed by atoms with Crippen molar-refractivity contribution in [3.05, 3.63) is 53.3 Å². The fourth-order valence-corrected chi connectivity index (χ4v) is 1.89. The number of nitrogens with two attached hydrogens (primary N) is 3. The second-order valence-corrected chi connectivity index (χ2v) is 4.96. The van der Waals surface area contributed by atoms with Gasteiger partial charge < -0.3 is 21.9 Å². The molecular weight excluding hydrogens is 380 g/mol. The van der Waals surface area contributed by atoms with E-state index < -0.39 is 52.6 Å². The molecule has 0 heterocycles. The summed E-state index contributed by atoms with van der Waals surface area (Å²) in [7, 11) is 0. The third kappa shape index (κ3) is 4.80. The van der Waals surface area contributed by atoms with E-state index in [-0.39, 0.29) is 17.8 Å². The van der Waals surface area contributed by atoms with Gasteiger partial charge in [-0.25, -0.2) is 18.2 Å². The van der Waals surface area contributed by atoms with Crippen molar-refractivity contribution in [1.29, 1.82) is 0 Å². The lowest BCUT2D eigenvalue weighted by atomic mass is 10.2. The minimum atomic E-state index is -4.98. The van der Waals surface area contributed by atoms with Gasteiger partial charge in [0.2, 0.25) is 5.96 Å². The van der Waals surface area contributed by atoms with E-state index in [0.29, 0.717) is 0 Å². The summed E-state index contributed by atoms with van der Waals surface area (Å²) in [4.78, 5) is 7.00. The number of hydrogen-bond acceptors (Lipinski definition) is 2. The van der Waals surface area contributed by atoms with Crippen LogP contribution in [0.15, 0.2) is 40.3 Å². The van der Waals surface area contributed by atoms with E-state index in [1.165, 1.54) is 6.07 Å². The third-order valence-electron chi connectivity index (χ3n) is 2.95. The van der Waals surface area contributed by atoms with Crippen molar-refractivity contribution < 1.29 is 31.1 Å². The number of rotatable bonds is 3. The number of ether oxygens (including phenoxy) is 1. The summed E-state index contributed by atoms with van der Waals surface area (Å²) < 4.78 is 84.4. The smallest absolute Gasteiger partial charge is 0.416 e. The van der Waals surface area contributed by atoms with Crippen molar-refractivity contribution in [3.8, 4) is 11.5 Å². The molecule has 0 unspecified atom stereocenters. The molecule has 0 saturated heterocycles. The van der Waals surface area contributed by atoms with Crippen LogP contribution in [0.3, 0.4) is 0 Å². The van der Waals surface area contributed by atoms with Gasteiger partial charge in [-0.15, -0.1) is 0 Å². The van der Waals surface area contributed by atoms with Crippen molar-refractivity contribution in [2.45, 2.75) is 6.18 Å². The molecule has 2 aromatic rings. The maximum absolute atomic E-state index is 14.0. The van der Waals surface area contributed by atoms with Gasteiger partial charge in [0.25, 0.3) is 0 Å². The molecule has 0 spiro atoms. The molecule has 0 bridgehead atoms. The minimum Gasteiger partial charge on any atom is -0.446 e. The first-order valence-electron chi connectivity index (χ1n) is 6.95.